The Morgan fingerprint density at radius 1 is 1.21 bits per heavy atom. The lowest BCUT2D eigenvalue weighted by atomic mass is 9.43. The van der Waals surface area contributed by atoms with Gasteiger partial charge in [0.15, 0.2) is 0 Å². The van der Waals surface area contributed by atoms with E-state index in [9.17, 15) is 10.2 Å². The number of hydrogen-bond acceptors (Lipinski definition) is 5. The molecule has 5 heteroatoms. The number of aliphatic hydroxyl groups is 2. The van der Waals surface area contributed by atoms with Crippen LogP contribution in [0.4, 0.5) is 0 Å². The summed E-state index contributed by atoms with van der Waals surface area (Å²) in [5.74, 6) is 1.16. The highest BCUT2D eigenvalue weighted by molar-refractivity contribution is 5.36. The Labute approximate surface area is 168 Å². The molecule has 0 aromatic heterocycles. The van der Waals surface area contributed by atoms with Crippen molar-refractivity contribution in [3.8, 4) is 0 Å². The molecule has 6 aliphatic rings. The van der Waals surface area contributed by atoms with Crippen molar-refractivity contribution in [2.45, 2.75) is 56.5 Å². The summed E-state index contributed by atoms with van der Waals surface area (Å²) < 4.78 is 12.1. The first-order chi connectivity index (χ1) is 13.5. The second-order valence-corrected chi connectivity index (χ2v) is 10.7. The third-order valence-corrected chi connectivity index (χ3v) is 10.4. The van der Waals surface area contributed by atoms with Crippen LogP contribution in [0.3, 0.4) is 0 Å². The van der Waals surface area contributed by atoms with Crippen molar-refractivity contribution in [3.63, 3.8) is 0 Å². The zero-order valence-electron chi connectivity index (χ0n) is 17.4. The van der Waals surface area contributed by atoms with Crippen LogP contribution in [-0.4, -0.2) is 72.9 Å². The molecule has 6 rings (SSSR count). The molecule has 0 aromatic carbocycles. The van der Waals surface area contributed by atoms with Crippen LogP contribution in [0.15, 0.2) is 12.2 Å². The van der Waals surface area contributed by atoms with Crippen molar-refractivity contribution >= 4 is 0 Å². The van der Waals surface area contributed by atoms with Crippen molar-refractivity contribution in [1.29, 1.82) is 0 Å². The summed E-state index contributed by atoms with van der Waals surface area (Å²) in [5.41, 5.74) is -0.699. The minimum atomic E-state index is -0.876. The van der Waals surface area contributed by atoms with Crippen LogP contribution < -0.4 is 0 Å². The molecule has 1 heterocycles. The van der Waals surface area contributed by atoms with Crippen LogP contribution >= 0.6 is 0 Å². The molecule has 4 saturated carbocycles. The molecule has 5 unspecified atom stereocenters. The van der Waals surface area contributed by atoms with Crippen molar-refractivity contribution in [2.24, 2.45) is 40.4 Å². The maximum absolute atomic E-state index is 12.0. The minimum Gasteiger partial charge on any atom is -0.392 e. The Bertz CT molecular complexity index is 713. The van der Waals surface area contributed by atoms with Crippen LogP contribution in [0.2, 0.25) is 0 Å². The maximum Gasteiger partial charge on any atom is 0.0926 e. The summed E-state index contributed by atoms with van der Waals surface area (Å²) in [4.78, 5) is 2.67. The summed E-state index contributed by atoms with van der Waals surface area (Å²) in [6.07, 6.45) is 8.27. The second kappa shape index (κ2) is 5.61. The zero-order valence-corrected chi connectivity index (χ0v) is 17.4. The van der Waals surface area contributed by atoms with Gasteiger partial charge in [0.05, 0.1) is 24.4 Å². The quantitative estimate of drug-likeness (QED) is 0.717. The van der Waals surface area contributed by atoms with E-state index in [0.29, 0.717) is 17.9 Å². The Kier molecular flexibility index (Phi) is 3.67. The predicted octanol–water partition coefficient (Wildman–Crippen LogP) is 1.68. The van der Waals surface area contributed by atoms with Crippen molar-refractivity contribution < 1.29 is 19.7 Å². The Morgan fingerprint density at radius 3 is 2.75 bits per heavy atom. The van der Waals surface area contributed by atoms with E-state index in [0.717, 1.165) is 45.4 Å². The van der Waals surface area contributed by atoms with E-state index < -0.39 is 11.7 Å². The molecule has 5 fully saturated rings. The minimum absolute atomic E-state index is 0.0309. The van der Waals surface area contributed by atoms with Gasteiger partial charge in [-0.25, -0.2) is 0 Å². The number of rotatable bonds is 4. The average Bonchev–Trinajstić information content (AvgIpc) is 3.08. The van der Waals surface area contributed by atoms with E-state index in [1.807, 2.05) is 14.2 Å². The van der Waals surface area contributed by atoms with Gasteiger partial charge in [-0.05, 0) is 44.1 Å². The molecule has 0 amide bonds. The van der Waals surface area contributed by atoms with E-state index >= 15 is 0 Å². The smallest absolute Gasteiger partial charge is 0.0926 e. The van der Waals surface area contributed by atoms with Crippen molar-refractivity contribution in [2.75, 3.05) is 33.9 Å². The number of likely N-dealkylation sites (tertiary alicyclic amines) is 1. The molecule has 7 bridgehead atoms. The third-order valence-electron chi connectivity index (χ3n) is 10.4. The molecule has 1 saturated heterocycles. The molecule has 5 nitrogen and oxygen atoms in total. The first kappa shape index (κ1) is 18.3. The number of piperidine rings is 1. The number of aliphatic hydroxyl groups excluding tert-OH is 1. The lowest BCUT2D eigenvalue weighted by molar-refractivity contribution is -0.262. The van der Waals surface area contributed by atoms with E-state index in [1.54, 1.807) is 0 Å². The highest BCUT2D eigenvalue weighted by Gasteiger charge is 2.82. The van der Waals surface area contributed by atoms with Gasteiger partial charge in [0, 0.05) is 55.4 Å². The summed E-state index contributed by atoms with van der Waals surface area (Å²) in [6.45, 7) is 5.13. The Balaban J connectivity index is 1.61. The van der Waals surface area contributed by atoms with E-state index in [1.165, 1.54) is 0 Å². The molecule has 2 N–H and O–H groups in total. The lowest BCUT2D eigenvalue weighted by Gasteiger charge is -2.69. The Hall–Kier alpha value is -0.460. The van der Waals surface area contributed by atoms with Crippen LogP contribution in [0.1, 0.15) is 32.6 Å². The van der Waals surface area contributed by atoms with Gasteiger partial charge < -0.3 is 19.7 Å². The molecule has 0 aromatic rings. The fourth-order valence-electron chi connectivity index (χ4n) is 9.88. The molecule has 28 heavy (non-hydrogen) atoms. The lowest BCUT2D eigenvalue weighted by Crippen LogP contribution is -2.75. The van der Waals surface area contributed by atoms with Crippen LogP contribution in [0.25, 0.3) is 0 Å². The summed E-state index contributed by atoms with van der Waals surface area (Å²) in [6, 6.07) is 0.345. The first-order valence-electron chi connectivity index (χ1n) is 11.3. The van der Waals surface area contributed by atoms with Gasteiger partial charge in [0.25, 0.3) is 0 Å². The molecule has 1 aliphatic heterocycles. The standard InChI is InChI=1S/C23H35NO4/c1-4-24-11-21(12-27-2)7-6-17(28-3)23-14-9-13-5-8-22(26,18(14)19(13)25)15(20(23)24)10-16(21)23/h5,8,13-20,25-26H,4,6-7,9-12H2,1-3H3/t13-,14?,15-,16+,17?,18-,19-,20?,21?,22-,23?/m0/s1. The molecular formula is C23H35NO4. The van der Waals surface area contributed by atoms with Crippen LogP contribution in [0.5, 0.6) is 0 Å². The van der Waals surface area contributed by atoms with Crippen LogP contribution in [0, 0.1) is 40.4 Å². The highest BCUT2D eigenvalue weighted by atomic mass is 16.5. The van der Waals surface area contributed by atoms with E-state index in [-0.39, 0.29) is 34.7 Å². The van der Waals surface area contributed by atoms with E-state index in [2.05, 4.69) is 24.0 Å². The SMILES string of the molecule is CCN1CC2(COC)CCC(OC)C34C5C[C@@H]6C=C[C@](O)([C@@H](C[C@H]23)C14)[C@@H]5[C@H]6O. The van der Waals surface area contributed by atoms with E-state index in [4.69, 9.17) is 9.47 Å². The number of nitrogens with zero attached hydrogens (tertiary/aromatic N) is 1. The Morgan fingerprint density at radius 2 is 2.04 bits per heavy atom. The topological polar surface area (TPSA) is 62.2 Å². The molecule has 11 atom stereocenters. The predicted molar refractivity (Wildman–Crippen MR) is 105 cm³/mol. The summed E-state index contributed by atoms with van der Waals surface area (Å²) >= 11 is 0. The maximum atomic E-state index is 12.0. The number of hydrogen-bond donors (Lipinski definition) is 2. The van der Waals surface area contributed by atoms with Crippen LogP contribution in [-0.2, 0) is 9.47 Å². The fourth-order valence-corrected chi connectivity index (χ4v) is 9.88. The fraction of sp³-hybridized carbons (Fsp3) is 0.913. The second-order valence-electron chi connectivity index (χ2n) is 10.7. The molecular weight excluding hydrogens is 354 g/mol. The average molecular weight is 390 g/mol. The van der Waals surface area contributed by atoms with Gasteiger partial charge in [-0.15, -0.1) is 0 Å². The molecule has 5 aliphatic carbocycles. The highest BCUT2D eigenvalue weighted by Crippen LogP contribution is 2.78. The third kappa shape index (κ3) is 1.72. The van der Waals surface area contributed by atoms with Gasteiger partial charge in [-0.3, -0.25) is 4.90 Å². The van der Waals surface area contributed by atoms with Crippen molar-refractivity contribution in [3.05, 3.63) is 12.2 Å². The van der Waals surface area contributed by atoms with Crippen molar-refractivity contribution in [1.82, 2.24) is 4.90 Å². The number of fused-ring (bicyclic) bond motifs is 2. The van der Waals surface area contributed by atoms with Gasteiger partial charge in [-0.1, -0.05) is 19.1 Å². The number of ether oxygens (including phenoxy) is 2. The molecule has 1 spiro atoms. The summed E-state index contributed by atoms with van der Waals surface area (Å²) in [5, 5.41) is 23.2. The van der Waals surface area contributed by atoms with Gasteiger partial charge in [0.1, 0.15) is 0 Å². The zero-order chi connectivity index (χ0) is 19.5. The molecule has 156 valence electrons. The number of methoxy groups -OCH3 is 2. The van der Waals surface area contributed by atoms with Gasteiger partial charge in [-0.2, -0.15) is 0 Å². The monoisotopic (exact) mass is 389 g/mol. The summed E-state index contributed by atoms with van der Waals surface area (Å²) in [7, 11) is 3.73. The largest absolute Gasteiger partial charge is 0.392 e. The molecule has 0 radical (unpaired) electrons. The first-order valence-corrected chi connectivity index (χ1v) is 11.3. The van der Waals surface area contributed by atoms with Gasteiger partial charge >= 0.3 is 0 Å². The van der Waals surface area contributed by atoms with Gasteiger partial charge in [0.2, 0.25) is 0 Å². The normalized spacial score (nSPS) is 61.0.